The third kappa shape index (κ3) is 23.1. The fourth-order valence-corrected chi connectivity index (χ4v) is 2.66. The van der Waals surface area contributed by atoms with Gasteiger partial charge in [0.05, 0.1) is 25.0 Å². The molecule has 2 unspecified atom stereocenters. The molecule has 0 bridgehead atoms. The Morgan fingerprint density at radius 2 is 0.906 bits per heavy atom. The van der Waals surface area contributed by atoms with Crippen LogP contribution in [0.25, 0.3) is 0 Å². The number of esters is 2. The Kier molecular flexibility index (Phi) is 20.4. The first-order valence-corrected chi connectivity index (χ1v) is 12.5. The fraction of sp³-hybridized carbons (Fsp3) is 0.786. The number of allylic oxidation sites excluding steroid dienone is 4. The Hall–Kier alpha value is -1.58. The Bertz CT molecular complexity index is 500. The molecule has 0 aromatic carbocycles. The minimum Gasteiger partial charge on any atom is -0.465 e. The monoisotopic (exact) mass is 452 g/mol. The molecule has 0 aliphatic heterocycles. The van der Waals surface area contributed by atoms with Crippen LogP contribution < -0.4 is 0 Å². The molecule has 0 aliphatic carbocycles. The van der Waals surface area contributed by atoms with Gasteiger partial charge in [-0.05, 0) is 78.1 Å². The summed E-state index contributed by atoms with van der Waals surface area (Å²) in [6, 6.07) is 0. The van der Waals surface area contributed by atoms with Gasteiger partial charge in [-0.1, -0.05) is 64.8 Å². The van der Waals surface area contributed by atoms with E-state index in [1.54, 1.807) is 0 Å². The summed E-state index contributed by atoms with van der Waals surface area (Å²) in [5, 5.41) is 0. The van der Waals surface area contributed by atoms with E-state index < -0.39 is 0 Å². The first-order valence-electron chi connectivity index (χ1n) is 12.5. The second-order valence-corrected chi connectivity index (χ2v) is 10.1. The Morgan fingerprint density at radius 3 is 1.16 bits per heavy atom. The van der Waals surface area contributed by atoms with Gasteiger partial charge >= 0.3 is 11.9 Å². The summed E-state index contributed by atoms with van der Waals surface area (Å²) in [7, 11) is 0. The normalized spacial score (nSPS) is 12.4. The minimum absolute atomic E-state index is 0.0130. The Morgan fingerprint density at radius 1 is 0.594 bits per heavy atom. The molecule has 0 amide bonds. The van der Waals surface area contributed by atoms with E-state index in [2.05, 4.69) is 53.7 Å². The summed E-state index contributed by atoms with van der Waals surface area (Å²) in [5.41, 5.74) is 2.75. The number of ether oxygens (including phenoxy) is 2. The van der Waals surface area contributed by atoms with Crippen molar-refractivity contribution >= 4 is 11.9 Å². The van der Waals surface area contributed by atoms with Crippen molar-refractivity contribution in [2.45, 2.75) is 108 Å². The highest BCUT2D eigenvalue weighted by Crippen LogP contribution is 2.13. The standard InChI is InChI=1S/2C14H26O2/c2*1-11(2)7-6-8-13(5)9-10-16-14(15)12(3)4/h2*7,12-13H,6,8-10H2,1-5H3. The quantitative estimate of drug-likeness (QED) is 0.198. The Labute approximate surface area is 199 Å². The van der Waals surface area contributed by atoms with Crippen LogP contribution in [0, 0.1) is 23.7 Å². The van der Waals surface area contributed by atoms with Crippen LogP contribution in [0.3, 0.4) is 0 Å². The predicted molar refractivity (Wildman–Crippen MR) is 136 cm³/mol. The molecule has 0 aliphatic rings. The molecule has 4 nitrogen and oxygen atoms in total. The average Bonchev–Trinajstić information content (AvgIpc) is 2.67. The molecule has 0 fully saturated rings. The van der Waals surface area contributed by atoms with Gasteiger partial charge in [-0.2, -0.15) is 0 Å². The summed E-state index contributed by atoms with van der Waals surface area (Å²) < 4.78 is 10.3. The lowest BCUT2D eigenvalue weighted by Gasteiger charge is -2.11. The third-order valence-corrected chi connectivity index (χ3v) is 5.08. The van der Waals surface area contributed by atoms with Crippen molar-refractivity contribution in [3.63, 3.8) is 0 Å². The van der Waals surface area contributed by atoms with Crippen molar-refractivity contribution in [1.82, 2.24) is 0 Å². The molecule has 0 saturated heterocycles. The Balaban J connectivity index is 0. The van der Waals surface area contributed by atoms with Crippen LogP contribution in [0.1, 0.15) is 108 Å². The van der Waals surface area contributed by atoms with E-state index in [4.69, 9.17) is 9.47 Å². The van der Waals surface area contributed by atoms with Gasteiger partial charge in [0.25, 0.3) is 0 Å². The molecule has 0 saturated carbocycles. The third-order valence-electron chi connectivity index (χ3n) is 5.08. The van der Waals surface area contributed by atoms with Crippen molar-refractivity contribution in [3.8, 4) is 0 Å². The molecule has 0 aromatic heterocycles. The highest BCUT2D eigenvalue weighted by Gasteiger charge is 2.10. The van der Waals surface area contributed by atoms with Gasteiger partial charge in [0.1, 0.15) is 0 Å². The maximum absolute atomic E-state index is 11.2. The van der Waals surface area contributed by atoms with Crippen LogP contribution in [0.15, 0.2) is 23.3 Å². The van der Waals surface area contributed by atoms with Crippen LogP contribution in [-0.2, 0) is 19.1 Å². The SMILES string of the molecule is CC(C)=CCCC(C)CCOC(=O)C(C)C.CC(C)=CCCC(C)CCOC(=O)C(C)C. The molecule has 0 N–H and O–H groups in total. The van der Waals surface area contributed by atoms with E-state index in [-0.39, 0.29) is 23.8 Å². The highest BCUT2D eigenvalue weighted by atomic mass is 16.5. The smallest absolute Gasteiger partial charge is 0.308 e. The number of rotatable bonds is 14. The lowest BCUT2D eigenvalue weighted by Crippen LogP contribution is -2.13. The molecule has 0 rings (SSSR count). The molecule has 32 heavy (non-hydrogen) atoms. The minimum atomic E-state index is -0.0866. The van der Waals surface area contributed by atoms with Crippen molar-refractivity contribution in [3.05, 3.63) is 23.3 Å². The van der Waals surface area contributed by atoms with Crippen LogP contribution in [0.2, 0.25) is 0 Å². The molecule has 4 heteroatoms. The second kappa shape index (κ2) is 20.1. The highest BCUT2D eigenvalue weighted by molar-refractivity contribution is 5.71. The van der Waals surface area contributed by atoms with Crippen molar-refractivity contribution in [1.29, 1.82) is 0 Å². The summed E-state index contributed by atoms with van der Waals surface area (Å²) in [5.74, 6) is 1.04. The second-order valence-electron chi connectivity index (χ2n) is 10.1. The van der Waals surface area contributed by atoms with E-state index in [1.165, 1.54) is 24.0 Å². The van der Waals surface area contributed by atoms with Gasteiger partial charge in [-0.25, -0.2) is 0 Å². The summed E-state index contributed by atoms with van der Waals surface area (Å²) in [6.07, 6.45) is 11.1. The lowest BCUT2D eigenvalue weighted by molar-refractivity contribution is -0.148. The predicted octanol–water partition coefficient (Wildman–Crippen LogP) is 7.92. The summed E-state index contributed by atoms with van der Waals surface area (Å²) in [6.45, 7) is 21.5. The molecular formula is C28H52O4. The van der Waals surface area contributed by atoms with Gasteiger partial charge in [-0.15, -0.1) is 0 Å². The number of carbonyl (C=O) groups excluding carboxylic acids is 2. The van der Waals surface area contributed by atoms with E-state index in [0.717, 1.165) is 25.7 Å². The largest absolute Gasteiger partial charge is 0.465 e. The van der Waals surface area contributed by atoms with Gasteiger partial charge in [0.15, 0.2) is 0 Å². The summed E-state index contributed by atoms with van der Waals surface area (Å²) >= 11 is 0. The van der Waals surface area contributed by atoms with E-state index in [0.29, 0.717) is 25.0 Å². The van der Waals surface area contributed by atoms with E-state index >= 15 is 0 Å². The molecule has 0 heterocycles. The fourth-order valence-electron chi connectivity index (χ4n) is 2.66. The van der Waals surface area contributed by atoms with Crippen molar-refractivity contribution in [2.75, 3.05) is 13.2 Å². The number of hydrogen-bond acceptors (Lipinski definition) is 4. The first kappa shape index (κ1) is 32.6. The van der Waals surface area contributed by atoms with Gasteiger partial charge in [0.2, 0.25) is 0 Å². The van der Waals surface area contributed by atoms with Gasteiger partial charge < -0.3 is 9.47 Å². The zero-order valence-electron chi connectivity index (χ0n) is 22.8. The van der Waals surface area contributed by atoms with E-state index in [1.807, 2.05) is 27.7 Å². The van der Waals surface area contributed by atoms with Crippen LogP contribution in [-0.4, -0.2) is 25.2 Å². The zero-order chi connectivity index (χ0) is 25.1. The van der Waals surface area contributed by atoms with Crippen molar-refractivity contribution in [2.24, 2.45) is 23.7 Å². The molecule has 0 spiro atoms. The maximum atomic E-state index is 11.2. The van der Waals surface area contributed by atoms with Crippen LogP contribution in [0.5, 0.6) is 0 Å². The zero-order valence-corrected chi connectivity index (χ0v) is 22.8. The number of hydrogen-bond donors (Lipinski definition) is 0. The number of carbonyl (C=O) groups is 2. The topological polar surface area (TPSA) is 52.6 Å². The van der Waals surface area contributed by atoms with Gasteiger partial charge in [-0.3, -0.25) is 9.59 Å². The van der Waals surface area contributed by atoms with Crippen LogP contribution >= 0.6 is 0 Å². The summed E-state index contributed by atoms with van der Waals surface area (Å²) in [4.78, 5) is 22.4. The van der Waals surface area contributed by atoms with E-state index in [9.17, 15) is 9.59 Å². The van der Waals surface area contributed by atoms with Gasteiger partial charge in [0, 0.05) is 0 Å². The van der Waals surface area contributed by atoms with Crippen LogP contribution in [0.4, 0.5) is 0 Å². The van der Waals surface area contributed by atoms with Crippen molar-refractivity contribution < 1.29 is 19.1 Å². The molecule has 2 atom stereocenters. The molecule has 0 aromatic rings. The molecule has 0 radical (unpaired) electrons. The lowest BCUT2D eigenvalue weighted by atomic mass is 10.0. The molecule has 188 valence electrons. The molecular weight excluding hydrogens is 400 g/mol. The first-order chi connectivity index (χ1) is 14.9. The maximum Gasteiger partial charge on any atom is 0.308 e. The average molecular weight is 453 g/mol.